The van der Waals surface area contributed by atoms with Crippen molar-refractivity contribution in [3.8, 4) is 11.5 Å². The summed E-state index contributed by atoms with van der Waals surface area (Å²) in [5.41, 5.74) is 2.99. The number of aromatic nitrogens is 1. The van der Waals surface area contributed by atoms with Crippen molar-refractivity contribution in [3.05, 3.63) is 58.8 Å². The summed E-state index contributed by atoms with van der Waals surface area (Å²) in [6, 6.07) is 11.5. The van der Waals surface area contributed by atoms with Crippen LogP contribution in [0.3, 0.4) is 0 Å². The van der Waals surface area contributed by atoms with Crippen molar-refractivity contribution in [1.82, 2.24) is 9.47 Å². The highest BCUT2D eigenvalue weighted by Gasteiger charge is 2.73. The molecule has 2 aromatic carbocycles. The minimum absolute atomic E-state index is 0.0410. The van der Waals surface area contributed by atoms with E-state index in [0.29, 0.717) is 12.2 Å². The van der Waals surface area contributed by atoms with Gasteiger partial charge in [-0.3, -0.25) is 9.69 Å². The van der Waals surface area contributed by atoms with E-state index in [2.05, 4.69) is 4.90 Å². The van der Waals surface area contributed by atoms with Gasteiger partial charge in [-0.15, -0.1) is 0 Å². The number of rotatable bonds is 4. The van der Waals surface area contributed by atoms with E-state index in [1.807, 2.05) is 34.9 Å². The van der Waals surface area contributed by atoms with Gasteiger partial charge in [0.05, 0.1) is 16.7 Å². The molecule has 1 spiro atoms. The number of ether oxygens (including phenoxy) is 1. The van der Waals surface area contributed by atoms with Crippen LogP contribution in [-0.2, 0) is 29.6 Å². The predicted octanol–water partition coefficient (Wildman–Crippen LogP) is 3.13. The summed E-state index contributed by atoms with van der Waals surface area (Å²) in [4.78, 5) is 14.5. The summed E-state index contributed by atoms with van der Waals surface area (Å²) in [7, 11) is 0. The van der Waals surface area contributed by atoms with E-state index in [4.69, 9.17) is 4.74 Å². The first-order valence-electron chi connectivity index (χ1n) is 12.7. The Balaban J connectivity index is 1.43. The molecule has 35 heavy (non-hydrogen) atoms. The molecule has 3 heterocycles. The lowest BCUT2D eigenvalue weighted by molar-refractivity contribution is -0.173. The Morgan fingerprint density at radius 2 is 2.00 bits per heavy atom. The van der Waals surface area contributed by atoms with Crippen LogP contribution in [0.1, 0.15) is 47.8 Å². The maximum absolute atomic E-state index is 12.9. The van der Waals surface area contributed by atoms with Gasteiger partial charge in [0.15, 0.2) is 17.6 Å². The van der Waals surface area contributed by atoms with Gasteiger partial charge in [-0.25, -0.2) is 0 Å². The second-order valence-corrected chi connectivity index (χ2v) is 11.3. The fourth-order valence-electron chi connectivity index (χ4n) is 8.11. The molecule has 1 saturated heterocycles. The van der Waals surface area contributed by atoms with Crippen LogP contribution in [0, 0.1) is 5.92 Å². The minimum atomic E-state index is -1.07. The number of piperidine rings is 1. The third-order valence-corrected chi connectivity index (χ3v) is 9.62. The molecule has 0 radical (unpaired) electrons. The second-order valence-electron chi connectivity index (χ2n) is 11.3. The number of phenolic OH excluding ortho intramolecular Hbond substituents is 1. The number of aromatic hydroxyl groups is 1. The van der Waals surface area contributed by atoms with Crippen molar-refractivity contribution in [3.63, 3.8) is 0 Å². The number of hydrogen-bond acceptors (Lipinski definition) is 5. The summed E-state index contributed by atoms with van der Waals surface area (Å²) in [6.07, 6.45) is 3.88. The Bertz CT molecular complexity index is 1440. The highest BCUT2D eigenvalue weighted by Crippen LogP contribution is 2.69. The number of likely N-dealkylation sites (tertiary alicyclic amines) is 1. The molecule has 1 aromatic heterocycles. The lowest BCUT2D eigenvalue weighted by Gasteiger charge is -2.63. The molecule has 8 rings (SSSR count). The fraction of sp³-hybridized carbons (Fsp3) is 0.464. The standard InChI is InChI=1S/C28H28N2O5/c31-20-8-7-16-11-21-28(34)12-18-17-3-1-2-4-19(17)30(14-22(32)33)24(18)26-27(28,23(16)25(20)35-26)9-10-29(21)13-15-5-6-15/h1-4,7-8,15,21,26,31,34H,5-6,9-14H2,(H,32,33)/t21?,26?,27?,28-/m1/s1. The zero-order valence-electron chi connectivity index (χ0n) is 19.4. The smallest absolute Gasteiger partial charge is 0.323 e. The van der Waals surface area contributed by atoms with Crippen LogP contribution < -0.4 is 4.74 Å². The summed E-state index contributed by atoms with van der Waals surface area (Å²) in [6.45, 7) is 1.71. The van der Waals surface area contributed by atoms with Crippen LogP contribution in [0.15, 0.2) is 36.4 Å². The number of carbonyl (C=O) groups is 1. The molecular formula is C28H28N2O5. The Morgan fingerprint density at radius 3 is 2.80 bits per heavy atom. The number of benzene rings is 2. The molecule has 3 N–H and O–H groups in total. The lowest BCUT2D eigenvalue weighted by atomic mass is 9.49. The second kappa shape index (κ2) is 6.39. The Kier molecular flexibility index (Phi) is 3.69. The van der Waals surface area contributed by atoms with Gasteiger partial charge in [-0.2, -0.15) is 0 Å². The summed E-state index contributed by atoms with van der Waals surface area (Å²) in [5.74, 6) is 0.375. The van der Waals surface area contributed by atoms with Gasteiger partial charge in [0.25, 0.3) is 0 Å². The number of carboxylic acids is 1. The Labute approximate surface area is 202 Å². The number of phenols is 1. The molecule has 7 nitrogen and oxygen atoms in total. The van der Waals surface area contributed by atoms with E-state index in [1.165, 1.54) is 12.8 Å². The van der Waals surface area contributed by atoms with Crippen molar-refractivity contribution in [2.45, 2.75) is 61.8 Å². The van der Waals surface area contributed by atoms with Crippen LogP contribution in [0.2, 0.25) is 0 Å². The molecule has 3 aromatic rings. The fourth-order valence-corrected chi connectivity index (χ4v) is 8.11. The van der Waals surface area contributed by atoms with Crippen LogP contribution in [0.5, 0.6) is 11.5 Å². The first kappa shape index (κ1) is 20.2. The predicted molar refractivity (Wildman–Crippen MR) is 128 cm³/mol. The molecule has 2 aliphatic heterocycles. The van der Waals surface area contributed by atoms with Gasteiger partial charge in [-0.05, 0) is 61.4 Å². The topological polar surface area (TPSA) is 95.2 Å². The molecular weight excluding hydrogens is 444 g/mol. The number of hydrogen-bond donors (Lipinski definition) is 3. The Hall–Kier alpha value is -3.03. The molecule has 0 amide bonds. The summed E-state index contributed by atoms with van der Waals surface area (Å²) >= 11 is 0. The van der Waals surface area contributed by atoms with Gasteiger partial charge in [0.1, 0.15) is 6.54 Å². The Morgan fingerprint density at radius 1 is 1.17 bits per heavy atom. The molecule has 180 valence electrons. The van der Waals surface area contributed by atoms with Crippen LogP contribution in [0.4, 0.5) is 0 Å². The lowest BCUT2D eigenvalue weighted by Crippen LogP contribution is -2.74. The third kappa shape index (κ3) is 2.31. The van der Waals surface area contributed by atoms with Gasteiger partial charge in [0.2, 0.25) is 0 Å². The van der Waals surface area contributed by atoms with Crippen molar-refractivity contribution in [1.29, 1.82) is 0 Å². The molecule has 2 fully saturated rings. The normalized spacial score (nSPS) is 32.3. The van der Waals surface area contributed by atoms with Crippen LogP contribution in [0.25, 0.3) is 10.9 Å². The summed E-state index contributed by atoms with van der Waals surface area (Å²) < 4.78 is 8.51. The van der Waals surface area contributed by atoms with Gasteiger partial charge >= 0.3 is 5.97 Å². The third-order valence-electron chi connectivity index (χ3n) is 9.62. The van der Waals surface area contributed by atoms with Crippen LogP contribution >= 0.6 is 0 Å². The molecule has 5 aliphatic rings. The number of nitrogens with zero attached hydrogens (tertiary/aromatic N) is 2. The summed E-state index contributed by atoms with van der Waals surface area (Å²) in [5, 5.41) is 34.5. The van der Waals surface area contributed by atoms with E-state index in [1.54, 1.807) is 6.07 Å². The maximum Gasteiger partial charge on any atom is 0.323 e. The van der Waals surface area contributed by atoms with E-state index in [0.717, 1.165) is 65.1 Å². The van der Waals surface area contributed by atoms with E-state index < -0.39 is 23.1 Å². The molecule has 4 atom stereocenters. The van der Waals surface area contributed by atoms with Gasteiger partial charge in [0, 0.05) is 35.5 Å². The van der Waals surface area contributed by atoms with Crippen molar-refractivity contribution < 1.29 is 24.9 Å². The molecule has 2 bridgehead atoms. The molecule has 3 aliphatic carbocycles. The van der Waals surface area contributed by atoms with Gasteiger partial charge in [-0.1, -0.05) is 24.3 Å². The number of para-hydroxylation sites is 1. The highest BCUT2D eigenvalue weighted by molar-refractivity contribution is 5.88. The largest absolute Gasteiger partial charge is 0.504 e. The molecule has 3 unspecified atom stereocenters. The van der Waals surface area contributed by atoms with Crippen molar-refractivity contribution in [2.75, 3.05) is 13.1 Å². The van der Waals surface area contributed by atoms with E-state index in [9.17, 15) is 20.1 Å². The maximum atomic E-state index is 12.9. The number of carboxylic acid groups (broad SMARTS) is 1. The number of aliphatic hydroxyl groups is 1. The van der Waals surface area contributed by atoms with Crippen molar-refractivity contribution in [2.24, 2.45) is 5.92 Å². The monoisotopic (exact) mass is 472 g/mol. The zero-order chi connectivity index (χ0) is 23.7. The quantitative estimate of drug-likeness (QED) is 0.540. The first-order chi connectivity index (χ1) is 16.9. The van der Waals surface area contributed by atoms with Crippen molar-refractivity contribution >= 4 is 16.9 Å². The first-order valence-corrected chi connectivity index (χ1v) is 12.7. The molecule has 7 heteroatoms. The van der Waals surface area contributed by atoms with Crippen LogP contribution in [-0.4, -0.2) is 55.5 Å². The average molecular weight is 473 g/mol. The molecule has 1 saturated carbocycles. The number of fused-ring (bicyclic) bond motifs is 4. The average Bonchev–Trinajstić information content (AvgIpc) is 3.51. The zero-order valence-corrected chi connectivity index (χ0v) is 19.4. The van der Waals surface area contributed by atoms with E-state index >= 15 is 0 Å². The SMILES string of the molecule is O=C(O)Cn1c2c(c3ccccc31)C[C@@]1(O)C3Cc4ccc(O)c5c4C1(CCN3CC1CC1)C2O5. The highest BCUT2D eigenvalue weighted by atomic mass is 16.5. The minimum Gasteiger partial charge on any atom is -0.504 e. The van der Waals surface area contributed by atoms with E-state index in [-0.39, 0.29) is 18.3 Å². The number of aliphatic carboxylic acids is 1. The van der Waals surface area contributed by atoms with Gasteiger partial charge < -0.3 is 24.6 Å².